The summed E-state index contributed by atoms with van der Waals surface area (Å²) in [5, 5.41) is 8.59. The molecule has 0 saturated carbocycles. The van der Waals surface area contributed by atoms with Gasteiger partial charge >= 0.3 is 0 Å². The van der Waals surface area contributed by atoms with Crippen LogP contribution in [0, 0.1) is 10.8 Å². The van der Waals surface area contributed by atoms with E-state index in [-0.39, 0.29) is 16.6 Å². The van der Waals surface area contributed by atoms with E-state index in [2.05, 4.69) is 6.92 Å². The van der Waals surface area contributed by atoms with Crippen LogP contribution in [0.15, 0.2) is 0 Å². The lowest BCUT2D eigenvalue weighted by molar-refractivity contribution is -0.124. The molecular weight excluding hydrogens is 188 g/mol. The van der Waals surface area contributed by atoms with E-state index < -0.39 is 0 Å². The maximum Gasteiger partial charge on any atom is 0.135 e. The number of carbonyl (C=O) groups is 1. The van der Waals surface area contributed by atoms with Crippen molar-refractivity contribution in [1.82, 2.24) is 0 Å². The first-order valence-electron chi connectivity index (χ1n) is 5.75. The standard InChI is InChI=1S/C7H14O.C6H14O/c1-5-7(3,4)6(2)8;1-4-6(2,3)5-7/h5H2,1-4H3;7H,4-5H2,1-3H3. The number of rotatable bonds is 4. The smallest absolute Gasteiger partial charge is 0.135 e. The summed E-state index contributed by atoms with van der Waals surface area (Å²) in [5.74, 6) is 0.278. The Morgan fingerprint density at radius 1 is 1.07 bits per heavy atom. The lowest BCUT2D eigenvalue weighted by Gasteiger charge is -2.17. The summed E-state index contributed by atoms with van der Waals surface area (Å²) in [6, 6.07) is 0. The zero-order valence-corrected chi connectivity index (χ0v) is 11.5. The van der Waals surface area contributed by atoms with Crippen molar-refractivity contribution in [3.05, 3.63) is 0 Å². The van der Waals surface area contributed by atoms with E-state index in [4.69, 9.17) is 5.11 Å². The van der Waals surface area contributed by atoms with Crippen LogP contribution in [-0.2, 0) is 4.79 Å². The largest absolute Gasteiger partial charge is 0.396 e. The van der Waals surface area contributed by atoms with Crippen molar-refractivity contribution in [1.29, 1.82) is 0 Å². The van der Waals surface area contributed by atoms with Crippen LogP contribution in [0.2, 0.25) is 0 Å². The van der Waals surface area contributed by atoms with Crippen LogP contribution in [0.4, 0.5) is 0 Å². The average Bonchev–Trinajstić information content (AvgIpc) is 2.18. The van der Waals surface area contributed by atoms with Gasteiger partial charge in [0.05, 0.1) is 0 Å². The minimum Gasteiger partial charge on any atom is -0.396 e. The molecule has 1 N–H and O–H groups in total. The van der Waals surface area contributed by atoms with Crippen molar-refractivity contribution in [2.75, 3.05) is 6.61 Å². The lowest BCUT2D eigenvalue weighted by atomic mass is 9.86. The number of Topliss-reactive ketones (excluding diaryl/α,β-unsaturated/α-hetero) is 1. The van der Waals surface area contributed by atoms with Gasteiger partial charge in [-0.2, -0.15) is 0 Å². The van der Waals surface area contributed by atoms with Gasteiger partial charge in [0.1, 0.15) is 5.78 Å². The van der Waals surface area contributed by atoms with Gasteiger partial charge in [0, 0.05) is 12.0 Å². The molecule has 0 aromatic carbocycles. The summed E-state index contributed by atoms with van der Waals surface area (Å²) < 4.78 is 0. The molecule has 0 atom stereocenters. The summed E-state index contributed by atoms with van der Waals surface area (Å²) >= 11 is 0. The van der Waals surface area contributed by atoms with Crippen LogP contribution >= 0.6 is 0 Å². The lowest BCUT2D eigenvalue weighted by Crippen LogP contribution is -2.19. The van der Waals surface area contributed by atoms with Gasteiger partial charge in [-0.15, -0.1) is 0 Å². The number of hydrogen-bond donors (Lipinski definition) is 1. The number of carbonyl (C=O) groups excluding carboxylic acids is 1. The second-order valence-electron chi connectivity index (χ2n) is 5.47. The van der Waals surface area contributed by atoms with Gasteiger partial charge in [-0.3, -0.25) is 4.79 Å². The number of aliphatic hydroxyl groups is 1. The van der Waals surface area contributed by atoms with Crippen molar-refractivity contribution < 1.29 is 9.90 Å². The molecule has 92 valence electrons. The van der Waals surface area contributed by atoms with Gasteiger partial charge in [-0.25, -0.2) is 0 Å². The van der Waals surface area contributed by atoms with E-state index in [0.717, 1.165) is 12.8 Å². The second-order valence-corrected chi connectivity index (χ2v) is 5.47. The third-order valence-corrected chi connectivity index (χ3v) is 3.22. The van der Waals surface area contributed by atoms with E-state index in [1.807, 2.05) is 34.6 Å². The molecule has 0 amide bonds. The van der Waals surface area contributed by atoms with Crippen LogP contribution in [-0.4, -0.2) is 17.5 Å². The van der Waals surface area contributed by atoms with Crippen LogP contribution in [0.25, 0.3) is 0 Å². The molecule has 0 bridgehead atoms. The van der Waals surface area contributed by atoms with Gasteiger partial charge in [0.25, 0.3) is 0 Å². The summed E-state index contributed by atoms with van der Waals surface area (Å²) in [7, 11) is 0. The van der Waals surface area contributed by atoms with Gasteiger partial charge in [0.15, 0.2) is 0 Å². The van der Waals surface area contributed by atoms with E-state index in [1.165, 1.54) is 0 Å². The highest BCUT2D eigenvalue weighted by atomic mass is 16.3. The van der Waals surface area contributed by atoms with E-state index in [9.17, 15) is 4.79 Å². The molecule has 2 heteroatoms. The minimum atomic E-state index is -0.0972. The molecule has 0 aliphatic carbocycles. The zero-order chi connectivity index (χ0) is 12.7. The number of aliphatic hydroxyl groups excluding tert-OH is 1. The first kappa shape index (κ1) is 17.0. The molecule has 0 unspecified atom stereocenters. The van der Waals surface area contributed by atoms with Crippen molar-refractivity contribution >= 4 is 5.78 Å². The fourth-order valence-corrected chi connectivity index (χ4v) is 0.361. The third-order valence-electron chi connectivity index (χ3n) is 3.22. The van der Waals surface area contributed by atoms with Gasteiger partial charge < -0.3 is 5.11 Å². The molecule has 0 fully saturated rings. The minimum absolute atomic E-state index is 0.0972. The quantitative estimate of drug-likeness (QED) is 0.781. The molecule has 0 aromatic rings. The Hall–Kier alpha value is -0.370. The highest BCUT2D eigenvalue weighted by molar-refractivity contribution is 5.81. The number of ketones is 1. The third kappa shape index (κ3) is 8.61. The predicted molar refractivity (Wildman–Crippen MR) is 65.9 cm³/mol. The Morgan fingerprint density at radius 2 is 1.47 bits per heavy atom. The van der Waals surface area contributed by atoms with Crippen LogP contribution in [0.5, 0.6) is 0 Å². The molecule has 0 radical (unpaired) electrons. The normalized spacial score (nSPS) is 11.7. The summed E-state index contributed by atoms with van der Waals surface area (Å²) in [6.45, 7) is 14.1. The van der Waals surface area contributed by atoms with Gasteiger partial charge in [-0.05, 0) is 25.2 Å². The number of hydrogen-bond acceptors (Lipinski definition) is 2. The topological polar surface area (TPSA) is 37.3 Å². The molecule has 0 aliphatic rings. The fourth-order valence-electron chi connectivity index (χ4n) is 0.361. The van der Waals surface area contributed by atoms with Crippen molar-refractivity contribution in [3.63, 3.8) is 0 Å². The molecule has 0 aliphatic heterocycles. The first-order chi connectivity index (χ1) is 6.63. The molecule has 0 spiro atoms. The van der Waals surface area contributed by atoms with Gasteiger partial charge in [-0.1, -0.05) is 41.5 Å². The predicted octanol–water partition coefficient (Wildman–Crippen LogP) is 3.43. The Labute approximate surface area is 95.1 Å². The Kier molecular flexibility index (Phi) is 7.95. The second kappa shape index (κ2) is 7.00. The molecule has 0 heterocycles. The van der Waals surface area contributed by atoms with Crippen molar-refractivity contribution in [2.45, 2.75) is 61.3 Å². The SMILES string of the molecule is CCC(C)(C)C(C)=O.CCC(C)(C)CO. The molecule has 0 saturated heterocycles. The van der Waals surface area contributed by atoms with E-state index in [0.29, 0.717) is 6.61 Å². The first-order valence-corrected chi connectivity index (χ1v) is 5.75. The molecule has 15 heavy (non-hydrogen) atoms. The Morgan fingerprint density at radius 3 is 1.47 bits per heavy atom. The fraction of sp³-hybridized carbons (Fsp3) is 0.923. The highest BCUT2D eigenvalue weighted by Gasteiger charge is 2.19. The van der Waals surface area contributed by atoms with Crippen molar-refractivity contribution in [2.24, 2.45) is 10.8 Å². The zero-order valence-electron chi connectivity index (χ0n) is 11.5. The average molecular weight is 216 g/mol. The summed E-state index contributed by atoms with van der Waals surface area (Å²) in [5.41, 5.74) is 0.0417. The molecule has 0 rings (SSSR count). The molecule has 2 nitrogen and oxygen atoms in total. The molecular formula is C13H28O2. The van der Waals surface area contributed by atoms with Gasteiger partial charge in [0.2, 0.25) is 0 Å². The van der Waals surface area contributed by atoms with Crippen molar-refractivity contribution in [3.8, 4) is 0 Å². The highest BCUT2D eigenvalue weighted by Crippen LogP contribution is 2.19. The Bertz CT molecular complexity index is 175. The maximum absolute atomic E-state index is 10.7. The van der Waals surface area contributed by atoms with Crippen LogP contribution in [0.1, 0.15) is 61.3 Å². The summed E-state index contributed by atoms with van der Waals surface area (Å²) in [6.07, 6.45) is 1.98. The summed E-state index contributed by atoms with van der Waals surface area (Å²) in [4.78, 5) is 10.7. The van der Waals surface area contributed by atoms with Crippen LogP contribution < -0.4 is 0 Å². The van der Waals surface area contributed by atoms with E-state index >= 15 is 0 Å². The monoisotopic (exact) mass is 216 g/mol. The maximum atomic E-state index is 10.7. The molecule has 0 aromatic heterocycles. The van der Waals surface area contributed by atoms with Crippen LogP contribution in [0.3, 0.4) is 0 Å². The van der Waals surface area contributed by atoms with E-state index in [1.54, 1.807) is 6.92 Å². The Balaban J connectivity index is 0.